The van der Waals surface area contributed by atoms with Gasteiger partial charge in [-0.15, -0.1) is 0 Å². The van der Waals surface area contributed by atoms with Crippen molar-refractivity contribution in [2.75, 3.05) is 6.61 Å². The Morgan fingerprint density at radius 3 is 2.24 bits per heavy atom. The quantitative estimate of drug-likeness (QED) is 0.601. The van der Waals surface area contributed by atoms with E-state index in [4.69, 9.17) is 4.74 Å². The normalized spacial score (nSPS) is 10.6. The van der Waals surface area contributed by atoms with Crippen LogP contribution in [0.15, 0.2) is 62.6 Å². The number of rotatable bonds is 5. The molecular weight excluding hydrogens is 400 g/mol. The number of halogens is 2. The molecule has 108 valence electrons. The monoisotopic (exact) mass is 410 g/mol. The Kier molecular flexibility index (Phi) is 5.95. The van der Waals surface area contributed by atoms with E-state index in [0.717, 1.165) is 14.5 Å². The molecule has 1 N–H and O–H groups in total. The highest BCUT2D eigenvalue weighted by molar-refractivity contribution is 9.10. The number of nitrogens with zero attached hydrogens (tertiary/aromatic N) is 1. The number of hydrogen-bond donors (Lipinski definition) is 1. The van der Waals surface area contributed by atoms with Crippen molar-refractivity contribution >= 4 is 44.0 Å². The van der Waals surface area contributed by atoms with Crippen LogP contribution in [0.5, 0.6) is 5.75 Å². The second-order valence-corrected chi connectivity index (χ2v) is 5.92. The van der Waals surface area contributed by atoms with Crippen LogP contribution >= 0.6 is 31.9 Å². The third kappa shape index (κ3) is 5.69. The first kappa shape index (κ1) is 15.7. The van der Waals surface area contributed by atoms with Crippen LogP contribution < -0.4 is 10.2 Å². The molecule has 2 aromatic carbocycles. The van der Waals surface area contributed by atoms with Crippen LogP contribution in [0, 0.1) is 0 Å². The van der Waals surface area contributed by atoms with Gasteiger partial charge in [-0.25, -0.2) is 5.43 Å². The Bertz CT molecular complexity index is 625. The maximum absolute atomic E-state index is 11.6. The molecule has 21 heavy (non-hydrogen) atoms. The molecule has 0 aromatic heterocycles. The molecule has 0 bridgehead atoms. The number of ether oxygens (including phenoxy) is 1. The lowest BCUT2D eigenvalue weighted by atomic mass is 10.2. The van der Waals surface area contributed by atoms with Crippen molar-refractivity contribution in [3.8, 4) is 5.75 Å². The highest BCUT2D eigenvalue weighted by Crippen LogP contribution is 2.15. The molecule has 0 aliphatic heterocycles. The van der Waals surface area contributed by atoms with E-state index in [1.165, 1.54) is 0 Å². The number of hydrazone groups is 1. The minimum absolute atomic E-state index is 0.0840. The SMILES string of the molecule is O=C(COc1ccc(Br)cc1)NN=Cc1ccc(Br)cc1. The number of benzene rings is 2. The Balaban J connectivity index is 1.77. The van der Waals surface area contributed by atoms with Gasteiger partial charge in [-0.3, -0.25) is 4.79 Å². The number of carbonyl (C=O) groups excluding carboxylic acids is 1. The van der Waals surface area contributed by atoms with E-state index >= 15 is 0 Å². The first-order valence-electron chi connectivity index (χ1n) is 6.09. The van der Waals surface area contributed by atoms with Gasteiger partial charge in [-0.05, 0) is 42.0 Å². The molecule has 0 saturated carbocycles. The highest BCUT2D eigenvalue weighted by atomic mass is 79.9. The van der Waals surface area contributed by atoms with E-state index < -0.39 is 0 Å². The molecule has 0 radical (unpaired) electrons. The smallest absolute Gasteiger partial charge is 0.277 e. The van der Waals surface area contributed by atoms with E-state index in [0.29, 0.717) is 5.75 Å². The zero-order chi connectivity index (χ0) is 15.1. The fourth-order valence-corrected chi connectivity index (χ4v) is 1.97. The van der Waals surface area contributed by atoms with Crippen LogP contribution in [0.3, 0.4) is 0 Å². The summed E-state index contributed by atoms with van der Waals surface area (Å²) in [6.45, 7) is -0.0840. The Labute approximate surface area is 139 Å². The van der Waals surface area contributed by atoms with Crippen molar-refractivity contribution in [2.45, 2.75) is 0 Å². The van der Waals surface area contributed by atoms with Gasteiger partial charge in [0, 0.05) is 8.95 Å². The molecule has 0 aliphatic rings. The summed E-state index contributed by atoms with van der Waals surface area (Å²) in [6, 6.07) is 14.8. The summed E-state index contributed by atoms with van der Waals surface area (Å²) in [5, 5.41) is 3.87. The lowest BCUT2D eigenvalue weighted by Gasteiger charge is -2.04. The molecule has 0 saturated heterocycles. The fourth-order valence-electron chi connectivity index (χ4n) is 1.44. The summed E-state index contributed by atoms with van der Waals surface area (Å²) in [7, 11) is 0. The maximum atomic E-state index is 11.6. The molecule has 6 heteroatoms. The molecular formula is C15H12Br2N2O2. The Morgan fingerprint density at radius 1 is 1.05 bits per heavy atom. The van der Waals surface area contributed by atoms with Crippen molar-refractivity contribution in [3.05, 3.63) is 63.0 Å². The van der Waals surface area contributed by atoms with Gasteiger partial charge in [-0.2, -0.15) is 5.10 Å². The first-order chi connectivity index (χ1) is 10.1. The minimum Gasteiger partial charge on any atom is -0.484 e. The number of amides is 1. The molecule has 0 unspecified atom stereocenters. The number of hydrogen-bond acceptors (Lipinski definition) is 3. The summed E-state index contributed by atoms with van der Waals surface area (Å²) in [5.41, 5.74) is 3.31. The lowest BCUT2D eigenvalue weighted by Crippen LogP contribution is -2.24. The average Bonchev–Trinajstić information content (AvgIpc) is 2.49. The molecule has 2 rings (SSSR count). The van der Waals surface area contributed by atoms with Crippen LogP contribution in [-0.4, -0.2) is 18.7 Å². The third-order valence-electron chi connectivity index (χ3n) is 2.46. The van der Waals surface area contributed by atoms with Crippen LogP contribution in [0.4, 0.5) is 0 Å². The second-order valence-electron chi connectivity index (χ2n) is 4.09. The zero-order valence-corrected chi connectivity index (χ0v) is 14.1. The average molecular weight is 412 g/mol. The van der Waals surface area contributed by atoms with Gasteiger partial charge >= 0.3 is 0 Å². The molecule has 0 aliphatic carbocycles. The Hall–Kier alpha value is -1.66. The molecule has 1 amide bonds. The van der Waals surface area contributed by atoms with Crippen LogP contribution in [0.2, 0.25) is 0 Å². The largest absolute Gasteiger partial charge is 0.484 e. The summed E-state index contributed by atoms with van der Waals surface area (Å²) in [5.74, 6) is 0.316. The summed E-state index contributed by atoms with van der Waals surface area (Å²) in [4.78, 5) is 11.6. The molecule has 0 heterocycles. The van der Waals surface area contributed by atoms with Crippen LogP contribution in [-0.2, 0) is 4.79 Å². The molecule has 0 atom stereocenters. The van der Waals surface area contributed by atoms with Crippen molar-refractivity contribution in [2.24, 2.45) is 5.10 Å². The maximum Gasteiger partial charge on any atom is 0.277 e. The zero-order valence-electron chi connectivity index (χ0n) is 10.9. The summed E-state index contributed by atoms with van der Waals surface area (Å²) < 4.78 is 7.28. The molecule has 0 spiro atoms. The standard InChI is InChI=1S/C15H12Br2N2O2/c16-12-3-1-11(2-4-12)9-18-19-15(20)10-21-14-7-5-13(17)6-8-14/h1-9H,10H2,(H,19,20). The fraction of sp³-hybridized carbons (Fsp3) is 0.0667. The molecule has 4 nitrogen and oxygen atoms in total. The predicted octanol–water partition coefficient (Wildman–Crippen LogP) is 3.74. The van der Waals surface area contributed by atoms with Gasteiger partial charge in [0.25, 0.3) is 5.91 Å². The van der Waals surface area contributed by atoms with E-state index in [-0.39, 0.29) is 12.5 Å². The van der Waals surface area contributed by atoms with E-state index in [1.807, 2.05) is 36.4 Å². The van der Waals surface area contributed by atoms with Gasteiger partial charge in [0.2, 0.25) is 0 Å². The highest BCUT2D eigenvalue weighted by Gasteiger charge is 2.01. The van der Waals surface area contributed by atoms with E-state index in [2.05, 4.69) is 42.4 Å². The summed E-state index contributed by atoms with van der Waals surface area (Å²) in [6.07, 6.45) is 1.57. The second kappa shape index (κ2) is 7.95. The van der Waals surface area contributed by atoms with Gasteiger partial charge in [0.15, 0.2) is 6.61 Å². The number of carbonyl (C=O) groups is 1. The van der Waals surface area contributed by atoms with Gasteiger partial charge in [0.05, 0.1) is 6.21 Å². The Morgan fingerprint density at radius 2 is 1.62 bits per heavy atom. The minimum atomic E-state index is -0.314. The van der Waals surface area contributed by atoms with Crippen LogP contribution in [0.25, 0.3) is 0 Å². The third-order valence-corrected chi connectivity index (χ3v) is 3.51. The molecule has 0 fully saturated rings. The topological polar surface area (TPSA) is 50.7 Å². The molecule has 2 aromatic rings. The van der Waals surface area contributed by atoms with Gasteiger partial charge in [-0.1, -0.05) is 44.0 Å². The van der Waals surface area contributed by atoms with Crippen molar-refractivity contribution < 1.29 is 9.53 Å². The first-order valence-corrected chi connectivity index (χ1v) is 7.68. The van der Waals surface area contributed by atoms with Crippen molar-refractivity contribution in [3.63, 3.8) is 0 Å². The van der Waals surface area contributed by atoms with Crippen LogP contribution in [0.1, 0.15) is 5.56 Å². The van der Waals surface area contributed by atoms with E-state index in [9.17, 15) is 4.79 Å². The predicted molar refractivity (Wildman–Crippen MR) is 89.5 cm³/mol. The van der Waals surface area contributed by atoms with Gasteiger partial charge < -0.3 is 4.74 Å². The van der Waals surface area contributed by atoms with Gasteiger partial charge in [0.1, 0.15) is 5.75 Å². The lowest BCUT2D eigenvalue weighted by molar-refractivity contribution is -0.123. The summed E-state index contributed by atoms with van der Waals surface area (Å²) >= 11 is 6.68. The van der Waals surface area contributed by atoms with Crippen molar-refractivity contribution in [1.29, 1.82) is 0 Å². The van der Waals surface area contributed by atoms with Crippen molar-refractivity contribution in [1.82, 2.24) is 5.43 Å². The number of nitrogens with one attached hydrogen (secondary N) is 1. The van der Waals surface area contributed by atoms with E-state index in [1.54, 1.807) is 18.3 Å².